The smallest absolute Gasteiger partial charge is 0.269 e. The third kappa shape index (κ3) is 8.86. The number of carbonyl (C=O) groups is 2. The van der Waals surface area contributed by atoms with Crippen LogP contribution in [0.4, 0.5) is 11.4 Å². The minimum atomic E-state index is -3.31. The Morgan fingerprint density at radius 1 is 0.818 bits per heavy atom. The molecule has 2 bridgehead atoms. The van der Waals surface area contributed by atoms with Crippen molar-refractivity contribution in [1.29, 1.82) is 0 Å². The zero-order chi connectivity index (χ0) is 38.5. The zero-order valence-electron chi connectivity index (χ0n) is 31.6. The van der Waals surface area contributed by atoms with Crippen LogP contribution in [-0.2, 0) is 28.0 Å². The molecule has 4 aromatic rings. The lowest BCUT2D eigenvalue weighted by atomic mass is 9.81. The van der Waals surface area contributed by atoms with Crippen molar-refractivity contribution in [3.63, 3.8) is 0 Å². The first-order chi connectivity index (χ1) is 26.6. The van der Waals surface area contributed by atoms with Crippen LogP contribution in [0.2, 0.25) is 0 Å². The molecule has 1 saturated heterocycles. The number of ether oxygens (including phenoxy) is 1. The Labute approximate surface area is 323 Å². The number of benzene rings is 3. The predicted octanol–water partition coefficient (Wildman–Crippen LogP) is 8.59. The maximum atomic E-state index is 13.6. The lowest BCUT2D eigenvalue weighted by Gasteiger charge is -2.35. The molecule has 1 aromatic heterocycles. The average molecular weight is 767 g/mol. The molecule has 0 amide bonds. The van der Waals surface area contributed by atoms with Crippen LogP contribution in [0.3, 0.4) is 0 Å². The molecule has 2 fully saturated rings. The summed E-state index contributed by atoms with van der Waals surface area (Å²) in [6.07, 6.45) is 15.4. The number of ketones is 2. The summed E-state index contributed by atoms with van der Waals surface area (Å²) in [7, 11) is -3.31. The highest BCUT2D eigenvalue weighted by Gasteiger charge is 2.29. The molecule has 12 heteroatoms. The number of Topliss-reactive ketones (excluding diaryl/α,β-unsaturated/α-hetero) is 2. The number of sulfonamides is 1. The van der Waals surface area contributed by atoms with Crippen LogP contribution in [0.5, 0.6) is 5.75 Å². The first kappa shape index (κ1) is 38.5. The Balaban J connectivity index is 1.22. The second-order valence-corrected chi connectivity index (χ2v) is 17.1. The number of piperazine rings is 1. The standard InChI is InChI=1S/C43H50N4O7S/c1-55(52,53)45-25-23-44(24-26-45)39-22-18-35(47(50)51)27-34(39)30-54-37-19-15-32(16-20-37)43-42(31-11-7-6-8-12-31)38-21-17-33-28-40(38)46(43)29-36(48)13-9-4-2-3-5-10-14-41(33)49/h2-3,15-22,27-28,31H,4-14,23-26,29-30H2,1H3/b3-2-. The number of nitro benzene ring substituents is 1. The summed E-state index contributed by atoms with van der Waals surface area (Å²) in [5.41, 5.74) is 6.21. The van der Waals surface area contributed by atoms with Crippen LogP contribution in [-0.4, -0.2) is 66.2 Å². The van der Waals surface area contributed by atoms with E-state index in [9.17, 15) is 28.1 Å². The SMILES string of the molecule is CS(=O)(=O)N1CCN(c2ccc([N+](=O)[O-])cc2COc2ccc(-c3c(C4CCCCC4)c4ccc5cc4n3CC(=O)CCC/C=C\CCCC5=O)cc2)CC1. The number of aromatic nitrogens is 1. The molecule has 2 aliphatic heterocycles. The fourth-order valence-electron chi connectivity index (χ4n) is 8.50. The van der Waals surface area contributed by atoms with Crippen LogP contribution in [0.1, 0.15) is 98.0 Å². The van der Waals surface area contributed by atoms with Gasteiger partial charge in [-0.25, -0.2) is 8.42 Å². The van der Waals surface area contributed by atoms with Crippen molar-refractivity contribution in [2.75, 3.05) is 37.3 Å². The van der Waals surface area contributed by atoms with E-state index in [4.69, 9.17) is 4.74 Å². The molecule has 3 heterocycles. The van der Waals surface area contributed by atoms with Gasteiger partial charge in [-0.2, -0.15) is 4.31 Å². The molecule has 11 nitrogen and oxygen atoms in total. The molecule has 55 heavy (non-hydrogen) atoms. The van der Waals surface area contributed by atoms with E-state index in [-0.39, 0.29) is 30.4 Å². The monoisotopic (exact) mass is 766 g/mol. The van der Waals surface area contributed by atoms with Crippen molar-refractivity contribution in [3.8, 4) is 17.0 Å². The van der Waals surface area contributed by atoms with E-state index in [1.165, 1.54) is 34.7 Å². The number of rotatable bonds is 8. The normalized spacial score (nSPS) is 19.0. The van der Waals surface area contributed by atoms with Crippen molar-refractivity contribution in [1.82, 2.24) is 8.87 Å². The van der Waals surface area contributed by atoms with Gasteiger partial charge in [0.1, 0.15) is 12.4 Å². The van der Waals surface area contributed by atoms with Crippen LogP contribution >= 0.6 is 0 Å². The quantitative estimate of drug-likeness (QED) is 0.0990. The lowest BCUT2D eigenvalue weighted by molar-refractivity contribution is -0.384. The van der Waals surface area contributed by atoms with Crippen LogP contribution in [0, 0.1) is 10.1 Å². The van der Waals surface area contributed by atoms with Gasteiger partial charge in [-0.15, -0.1) is 0 Å². The number of non-ortho nitro benzene ring substituents is 1. The fourth-order valence-corrected chi connectivity index (χ4v) is 9.33. The Kier molecular flexibility index (Phi) is 11.8. The highest BCUT2D eigenvalue weighted by atomic mass is 32.2. The zero-order valence-corrected chi connectivity index (χ0v) is 32.4. The van der Waals surface area contributed by atoms with Gasteiger partial charge in [-0.3, -0.25) is 19.7 Å². The summed E-state index contributed by atoms with van der Waals surface area (Å²) >= 11 is 0. The van der Waals surface area contributed by atoms with Gasteiger partial charge in [0.25, 0.3) is 5.69 Å². The average Bonchev–Trinajstić information content (AvgIpc) is 3.50. The summed E-state index contributed by atoms with van der Waals surface area (Å²) in [6.45, 7) is 1.89. The number of fused-ring (bicyclic) bond motifs is 1. The first-order valence-corrected chi connectivity index (χ1v) is 21.5. The molecule has 1 aliphatic carbocycles. The predicted molar refractivity (Wildman–Crippen MR) is 215 cm³/mol. The topological polar surface area (TPSA) is 132 Å². The Morgan fingerprint density at radius 3 is 2.20 bits per heavy atom. The molecular formula is C43H50N4O7S. The molecule has 0 unspecified atom stereocenters. The summed E-state index contributed by atoms with van der Waals surface area (Å²) in [5, 5.41) is 12.8. The maximum absolute atomic E-state index is 13.6. The number of hydrogen-bond donors (Lipinski definition) is 0. The molecule has 0 N–H and O–H groups in total. The van der Waals surface area contributed by atoms with Gasteiger partial charge < -0.3 is 14.2 Å². The first-order valence-electron chi connectivity index (χ1n) is 19.6. The number of hydrogen-bond acceptors (Lipinski definition) is 8. The van der Waals surface area contributed by atoms with Crippen molar-refractivity contribution < 1.29 is 27.7 Å². The van der Waals surface area contributed by atoms with Gasteiger partial charge in [0.2, 0.25) is 10.0 Å². The second kappa shape index (κ2) is 16.9. The molecule has 0 spiro atoms. The summed E-state index contributed by atoms with van der Waals surface area (Å²) in [4.78, 5) is 40.3. The van der Waals surface area contributed by atoms with E-state index in [2.05, 4.69) is 22.8 Å². The molecule has 1 saturated carbocycles. The largest absolute Gasteiger partial charge is 0.489 e. The Bertz CT molecular complexity index is 2200. The summed E-state index contributed by atoms with van der Waals surface area (Å²) in [6, 6.07) is 18.6. The molecule has 3 aliphatic rings. The third-order valence-corrected chi connectivity index (χ3v) is 12.7. The highest BCUT2D eigenvalue weighted by molar-refractivity contribution is 7.88. The lowest BCUT2D eigenvalue weighted by Crippen LogP contribution is -2.48. The number of carbonyl (C=O) groups excluding carboxylic acids is 2. The van der Waals surface area contributed by atoms with Crippen molar-refractivity contribution in [2.45, 2.75) is 89.7 Å². The van der Waals surface area contributed by atoms with Gasteiger partial charge in [-0.1, -0.05) is 43.5 Å². The van der Waals surface area contributed by atoms with E-state index >= 15 is 0 Å². The van der Waals surface area contributed by atoms with Crippen molar-refractivity contribution >= 4 is 43.9 Å². The highest BCUT2D eigenvalue weighted by Crippen LogP contribution is 2.45. The number of anilines is 1. The second-order valence-electron chi connectivity index (χ2n) is 15.2. The van der Waals surface area contributed by atoms with Gasteiger partial charge in [-0.05, 0) is 92.0 Å². The summed E-state index contributed by atoms with van der Waals surface area (Å²) < 4.78 is 34.1. The molecule has 3 aromatic carbocycles. The van der Waals surface area contributed by atoms with Gasteiger partial charge in [0, 0.05) is 78.9 Å². The van der Waals surface area contributed by atoms with E-state index in [0.29, 0.717) is 61.8 Å². The minimum absolute atomic E-state index is 0.0425. The van der Waals surface area contributed by atoms with E-state index in [0.717, 1.165) is 79.2 Å². The number of allylic oxidation sites excluding steroid dienone is 2. The van der Waals surface area contributed by atoms with E-state index in [1.807, 2.05) is 41.3 Å². The minimum Gasteiger partial charge on any atom is -0.489 e. The fraction of sp³-hybridized carbons (Fsp3) is 0.442. The van der Waals surface area contributed by atoms with E-state index < -0.39 is 14.9 Å². The van der Waals surface area contributed by atoms with Crippen molar-refractivity contribution in [2.24, 2.45) is 0 Å². The van der Waals surface area contributed by atoms with Crippen LogP contribution < -0.4 is 9.64 Å². The van der Waals surface area contributed by atoms with Gasteiger partial charge >= 0.3 is 0 Å². The van der Waals surface area contributed by atoms with Gasteiger partial charge in [0.05, 0.1) is 23.4 Å². The van der Waals surface area contributed by atoms with Crippen LogP contribution in [0.15, 0.2) is 72.8 Å². The number of nitro groups is 1. The van der Waals surface area contributed by atoms with Crippen molar-refractivity contribution in [3.05, 3.63) is 99.6 Å². The molecule has 0 atom stereocenters. The van der Waals surface area contributed by atoms with Gasteiger partial charge in [0.15, 0.2) is 11.6 Å². The Hall–Kier alpha value is -4.81. The van der Waals surface area contributed by atoms with E-state index in [1.54, 1.807) is 6.07 Å². The summed E-state index contributed by atoms with van der Waals surface area (Å²) in [5.74, 6) is 1.21. The molecular weight excluding hydrogens is 717 g/mol. The molecule has 0 radical (unpaired) electrons. The molecule has 290 valence electrons. The maximum Gasteiger partial charge on any atom is 0.269 e. The van der Waals surface area contributed by atoms with Crippen LogP contribution in [0.25, 0.3) is 22.2 Å². The molecule has 7 rings (SSSR count). The Morgan fingerprint density at radius 2 is 1.51 bits per heavy atom. The third-order valence-electron chi connectivity index (χ3n) is 11.4. The number of nitrogens with zero attached hydrogens (tertiary/aromatic N) is 4.